The van der Waals surface area contributed by atoms with Gasteiger partial charge in [0.15, 0.2) is 5.96 Å². The molecule has 0 fully saturated rings. The number of halogens is 1. The van der Waals surface area contributed by atoms with Crippen molar-refractivity contribution in [3.8, 4) is 5.75 Å². The number of guanidine groups is 1. The van der Waals surface area contributed by atoms with E-state index in [2.05, 4.69) is 27.4 Å². The third-order valence-corrected chi connectivity index (χ3v) is 4.78. The monoisotopic (exact) mass is 524 g/mol. The Hall–Kier alpha value is -2.29. The minimum absolute atomic E-state index is 0. The molecule has 0 saturated carbocycles. The van der Waals surface area contributed by atoms with E-state index in [4.69, 9.17) is 4.74 Å². The molecule has 7 heteroatoms. The first-order valence-corrected chi connectivity index (χ1v) is 9.91. The van der Waals surface area contributed by atoms with Crippen LogP contribution in [0.4, 0.5) is 0 Å². The Kier molecular flexibility index (Phi) is 11.2. The van der Waals surface area contributed by atoms with Crippen molar-refractivity contribution in [3.05, 3.63) is 65.2 Å². The van der Waals surface area contributed by atoms with Crippen molar-refractivity contribution in [2.75, 3.05) is 21.2 Å². The molecular formula is C23H33IN4O2. The summed E-state index contributed by atoms with van der Waals surface area (Å²) < 4.78 is 5.21. The highest BCUT2D eigenvalue weighted by Gasteiger charge is 2.10. The maximum absolute atomic E-state index is 12.3. The third-order valence-electron chi connectivity index (χ3n) is 4.78. The van der Waals surface area contributed by atoms with Gasteiger partial charge in [0.2, 0.25) is 0 Å². The number of rotatable bonds is 8. The van der Waals surface area contributed by atoms with Gasteiger partial charge in [-0.15, -0.1) is 24.0 Å². The number of nitrogens with one attached hydrogen (secondary N) is 2. The molecule has 164 valence electrons. The van der Waals surface area contributed by atoms with Gasteiger partial charge in [-0.25, -0.2) is 0 Å². The summed E-state index contributed by atoms with van der Waals surface area (Å²) in [5.74, 6) is 1.59. The van der Waals surface area contributed by atoms with Crippen LogP contribution in [0.3, 0.4) is 0 Å². The average Bonchev–Trinajstić information content (AvgIpc) is 2.74. The fraction of sp³-hybridized carbons (Fsp3) is 0.391. The molecule has 0 aliphatic rings. The van der Waals surface area contributed by atoms with Gasteiger partial charge in [-0.3, -0.25) is 9.79 Å². The van der Waals surface area contributed by atoms with E-state index >= 15 is 0 Å². The number of hydrogen-bond acceptors (Lipinski definition) is 3. The first kappa shape index (κ1) is 25.7. The summed E-state index contributed by atoms with van der Waals surface area (Å²) in [7, 11) is 5.42. The molecule has 1 unspecified atom stereocenters. The lowest BCUT2D eigenvalue weighted by Gasteiger charge is -2.22. The maximum Gasteiger partial charge on any atom is 0.251 e. The van der Waals surface area contributed by atoms with Crippen LogP contribution in [0, 0.1) is 0 Å². The van der Waals surface area contributed by atoms with Gasteiger partial charge in [-0.2, -0.15) is 0 Å². The molecule has 0 saturated heterocycles. The molecular weight excluding hydrogens is 491 g/mol. The maximum atomic E-state index is 12.3. The summed E-state index contributed by atoms with van der Waals surface area (Å²) in [5, 5.41) is 6.37. The number of ether oxygens (including phenoxy) is 1. The van der Waals surface area contributed by atoms with Crippen molar-refractivity contribution in [1.29, 1.82) is 0 Å². The normalized spacial score (nSPS) is 11.8. The Morgan fingerprint density at radius 2 is 1.87 bits per heavy atom. The van der Waals surface area contributed by atoms with Crippen LogP contribution in [0.1, 0.15) is 41.8 Å². The molecule has 0 aliphatic carbocycles. The smallest absolute Gasteiger partial charge is 0.251 e. The van der Waals surface area contributed by atoms with E-state index in [0.717, 1.165) is 30.2 Å². The highest BCUT2D eigenvalue weighted by molar-refractivity contribution is 14.0. The van der Waals surface area contributed by atoms with Gasteiger partial charge in [-0.05, 0) is 48.7 Å². The first-order chi connectivity index (χ1) is 14.0. The number of nitrogens with zero attached hydrogens (tertiary/aromatic N) is 2. The van der Waals surface area contributed by atoms with Crippen LogP contribution in [0.5, 0.6) is 5.75 Å². The molecule has 0 heterocycles. The zero-order chi connectivity index (χ0) is 21.2. The molecule has 0 radical (unpaired) electrons. The van der Waals surface area contributed by atoms with Crippen LogP contribution in [0.25, 0.3) is 0 Å². The highest BCUT2D eigenvalue weighted by Crippen LogP contribution is 2.13. The van der Waals surface area contributed by atoms with Crippen LogP contribution >= 0.6 is 24.0 Å². The summed E-state index contributed by atoms with van der Waals surface area (Å²) in [4.78, 5) is 18.8. The number of amides is 1. The molecule has 1 amide bonds. The lowest BCUT2D eigenvalue weighted by Crippen LogP contribution is -2.38. The number of methoxy groups -OCH3 is 1. The average molecular weight is 524 g/mol. The quantitative estimate of drug-likeness (QED) is 0.311. The minimum atomic E-state index is -0.0396. The third kappa shape index (κ3) is 7.85. The lowest BCUT2D eigenvalue weighted by molar-refractivity contribution is 0.0939. The Labute approximate surface area is 197 Å². The van der Waals surface area contributed by atoms with Gasteiger partial charge >= 0.3 is 0 Å². The Bertz CT molecular complexity index is 824. The van der Waals surface area contributed by atoms with E-state index in [1.54, 1.807) is 14.2 Å². The van der Waals surface area contributed by atoms with Gasteiger partial charge in [0.25, 0.3) is 5.91 Å². The zero-order valence-corrected chi connectivity index (χ0v) is 20.8. The first-order valence-electron chi connectivity index (χ1n) is 9.91. The van der Waals surface area contributed by atoms with Gasteiger partial charge < -0.3 is 20.3 Å². The fourth-order valence-corrected chi connectivity index (χ4v) is 2.88. The molecule has 2 rings (SSSR count). The van der Waals surface area contributed by atoms with E-state index in [9.17, 15) is 4.79 Å². The topological polar surface area (TPSA) is 66.0 Å². The van der Waals surface area contributed by atoms with Gasteiger partial charge in [0, 0.05) is 38.8 Å². The van der Waals surface area contributed by atoms with E-state index in [-0.39, 0.29) is 35.9 Å². The van der Waals surface area contributed by atoms with Crippen molar-refractivity contribution in [1.82, 2.24) is 15.5 Å². The van der Waals surface area contributed by atoms with E-state index in [0.29, 0.717) is 12.1 Å². The molecule has 0 bridgehead atoms. The Balaban J connectivity index is 0.00000450. The molecule has 0 aromatic heterocycles. The van der Waals surface area contributed by atoms with Crippen LogP contribution in [0.2, 0.25) is 0 Å². The highest BCUT2D eigenvalue weighted by atomic mass is 127. The van der Waals surface area contributed by atoms with Crippen molar-refractivity contribution < 1.29 is 9.53 Å². The molecule has 6 nitrogen and oxygen atoms in total. The molecule has 2 aromatic rings. The standard InChI is InChI=1S/C23H32N4O2.HI/c1-6-17(2)26-22(28)20-9-7-8-19(14-20)15-25-23(24-3)27(4)16-18-10-12-21(29-5)13-11-18;/h7-14,17H,6,15-16H2,1-5H3,(H,24,25)(H,26,28);1H. The van der Waals surface area contributed by atoms with Crippen molar-refractivity contribution >= 4 is 35.8 Å². The largest absolute Gasteiger partial charge is 0.497 e. The molecule has 2 N–H and O–H groups in total. The summed E-state index contributed by atoms with van der Waals surface area (Å²) in [6.07, 6.45) is 0.907. The van der Waals surface area contributed by atoms with Crippen LogP contribution in [-0.2, 0) is 13.1 Å². The predicted molar refractivity (Wildman–Crippen MR) is 134 cm³/mol. The van der Waals surface area contributed by atoms with Gasteiger partial charge in [0.05, 0.1) is 7.11 Å². The van der Waals surface area contributed by atoms with E-state index in [1.807, 2.05) is 62.5 Å². The summed E-state index contributed by atoms with van der Waals surface area (Å²) >= 11 is 0. The molecule has 30 heavy (non-hydrogen) atoms. The van der Waals surface area contributed by atoms with Gasteiger partial charge in [0.1, 0.15) is 5.75 Å². The molecule has 0 aliphatic heterocycles. The van der Waals surface area contributed by atoms with Crippen molar-refractivity contribution in [3.63, 3.8) is 0 Å². The van der Waals surface area contributed by atoms with Crippen LogP contribution in [0.15, 0.2) is 53.5 Å². The minimum Gasteiger partial charge on any atom is -0.497 e. The Morgan fingerprint density at radius 3 is 2.47 bits per heavy atom. The summed E-state index contributed by atoms with van der Waals surface area (Å²) in [6.45, 7) is 5.37. The number of aliphatic imine (C=N–C) groups is 1. The van der Waals surface area contributed by atoms with Crippen LogP contribution in [-0.4, -0.2) is 44.0 Å². The SMILES string of the molecule is CCC(C)NC(=O)c1cccc(CNC(=NC)N(C)Cc2ccc(OC)cc2)c1.I. The predicted octanol–water partition coefficient (Wildman–Crippen LogP) is 4.05. The second-order valence-electron chi connectivity index (χ2n) is 7.09. The second kappa shape index (κ2) is 13.1. The zero-order valence-electron chi connectivity index (χ0n) is 18.4. The second-order valence-corrected chi connectivity index (χ2v) is 7.09. The number of carbonyl (C=O) groups is 1. The van der Waals surface area contributed by atoms with E-state index in [1.165, 1.54) is 5.56 Å². The number of benzene rings is 2. The molecule has 2 aromatic carbocycles. The Morgan fingerprint density at radius 1 is 1.17 bits per heavy atom. The fourth-order valence-electron chi connectivity index (χ4n) is 2.88. The number of hydrogen-bond donors (Lipinski definition) is 2. The molecule has 0 spiro atoms. The molecule has 1 atom stereocenters. The number of carbonyl (C=O) groups excluding carboxylic acids is 1. The summed E-state index contributed by atoms with van der Waals surface area (Å²) in [6, 6.07) is 15.8. The van der Waals surface area contributed by atoms with Crippen molar-refractivity contribution in [2.45, 2.75) is 39.4 Å². The van der Waals surface area contributed by atoms with Crippen molar-refractivity contribution in [2.24, 2.45) is 4.99 Å². The van der Waals surface area contributed by atoms with Gasteiger partial charge in [-0.1, -0.05) is 31.2 Å². The van der Waals surface area contributed by atoms with Crippen LogP contribution < -0.4 is 15.4 Å². The lowest BCUT2D eigenvalue weighted by atomic mass is 10.1. The van der Waals surface area contributed by atoms with E-state index < -0.39 is 0 Å². The summed E-state index contributed by atoms with van der Waals surface area (Å²) in [5.41, 5.74) is 2.87.